The van der Waals surface area contributed by atoms with Gasteiger partial charge in [-0.1, -0.05) is 25.0 Å². The molecule has 45 heavy (non-hydrogen) atoms. The molecule has 5 aliphatic heterocycles. The molecule has 0 unspecified atom stereocenters. The van der Waals surface area contributed by atoms with Crippen LogP contribution in [0.1, 0.15) is 44.6 Å². The lowest BCUT2D eigenvalue weighted by Crippen LogP contribution is -2.60. The minimum absolute atomic E-state index is 0.00431. The first kappa shape index (κ1) is 27.1. The number of nitrogens with zero attached hydrogens (tertiary/aromatic N) is 5. The summed E-state index contributed by atoms with van der Waals surface area (Å²) in [6.45, 7) is 6.00. The van der Waals surface area contributed by atoms with Crippen molar-refractivity contribution >= 4 is 27.5 Å². The molecule has 2 N–H and O–H groups in total. The van der Waals surface area contributed by atoms with Gasteiger partial charge in [-0.3, -0.25) is 4.90 Å². The van der Waals surface area contributed by atoms with E-state index in [0.29, 0.717) is 58.3 Å². The Kier molecular flexibility index (Phi) is 5.97. The minimum Gasteiger partial charge on any atom is -0.508 e. The Hall–Kier alpha value is -4.20. The van der Waals surface area contributed by atoms with Gasteiger partial charge in [0.1, 0.15) is 41.4 Å². The van der Waals surface area contributed by atoms with Crippen molar-refractivity contribution in [1.82, 2.24) is 25.2 Å². The normalized spacial score (nSPS) is 28.5. The number of hydrogen-bond donors (Lipinski definition) is 2. The van der Waals surface area contributed by atoms with Crippen LogP contribution in [0.4, 0.5) is 10.2 Å². The number of aromatic hydroxyl groups is 1. The molecule has 0 radical (unpaired) electrons. The number of halogens is 1. The fourth-order valence-corrected chi connectivity index (χ4v) is 8.90. The molecule has 7 heterocycles. The van der Waals surface area contributed by atoms with Crippen molar-refractivity contribution in [3.05, 3.63) is 41.7 Å². The number of piperazine rings is 1. The van der Waals surface area contributed by atoms with Gasteiger partial charge < -0.3 is 24.8 Å². The zero-order valence-electron chi connectivity index (χ0n) is 25.2. The van der Waals surface area contributed by atoms with Crippen molar-refractivity contribution in [2.24, 2.45) is 5.92 Å². The molecule has 230 valence electrons. The third kappa shape index (κ3) is 4.10. The Morgan fingerprint density at radius 3 is 3.00 bits per heavy atom. The van der Waals surface area contributed by atoms with Gasteiger partial charge in [0, 0.05) is 41.7 Å². The number of pyridine rings is 1. The lowest BCUT2D eigenvalue weighted by molar-refractivity contribution is 0.107. The van der Waals surface area contributed by atoms with E-state index in [2.05, 4.69) is 28.0 Å². The standard InChI is InChI=1S/C35H35FN6O3/c1-3-20-6-4-7-21-12-23(43)13-24(27(20)21)30-29(36)31-28-32(42-16-22-8-9-25(37-22)26(42)17-44-33(28)38-30)40-34(39-31)45-18-35-10-5-11-41(35)15-19(2)14-35/h1,4,6-7,12-13,19,22,25-26,37,43H,5,8-11,14-18H2,2H3/t19-,22-,25+,26-,35-/m0/s1. The average Bonchev–Trinajstić information content (AvgIpc) is 3.67. The molecule has 0 spiro atoms. The van der Waals surface area contributed by atoms with Crippen molar-refractivity contribution in [3.63, 3.8) is 0 Å². The molecular weight excluding hydrogens is 571 g/mol. The molecule has 0 amide bonds. The Labute approximate surface area is 260 Å². The minimum atomic E-state index is -0.628. The van der Waals surface area contributed by atoms with E-state index in [9.17, 15) is 5.11 Å². The number of phenolic OH excluding ortho intramolecular Hbond substituents is 1. The SMILES string of the molecule is C#Cc1cccc2cc(O)cc(-c3nc4c5c(nc(OC[C@@]67CCCN6C[C@@H](C)C7)nc5c3F)N3C[C@@H]5CC[C@@H](N5)[C@@H]3CO4)c12. The summed E-state index contributed by atoms with van der Waals surface area (Å²) < 4.78 is 29.9. The van der Waals surface area contributed by atoms with Crippen LogP contribution in [0.25, 0.3) is 32.9 Å². The van der Waals surface area contributed by atoms with Crippen LogP contribution in [-0.4, -0.2) is 81.5 Å². The number of rotatable bonds is 4. The highest BCUT2D eigenvalue weighted by Gasteiger charge is 2.48. The molecule has 2 bridgehead atoms. The van der Waals surface area contributed by atoms with Gasteiger partial charge >= 0.3 is 6.01 Å². The first-order valence-electron chi connectivity index (χ1n) is 16.1. The quantitative estimate of drug-likeness (QED) is 0.323. The van der Waals surface area contributed by atoms with Crippen LogP contribution in [0.2, 0.25) is 0 Å². The van der Waals surface area contributed by atoms with Crippen LogP contribution in [0.15, 0.2) is 30.3 Å². The maximum atomic E-state index is 17.0. The maximum Gasteiger partial charge on any atom is 0.319 e. The van der Waals surface area contributed by atoms with Gasteiger partial charge in [0.2, 0.25) is 5.88 Å². The molecule has 9 rings (SSSR count). The third-order valence-electron chi connectivity index (χ3n) is 10.8. The van der Waals surface area contributed by atoms with E-state index in [0.717, 1.165) is 51.7 Å². The van der Waals surface area contributed by atoms with Crippen LogP contribution >= 0.6 is 0 Å². The van der Waals surface area contributed by atoms with Gasteiger partial charge in [0.25, 0.3) is 0 Å². The van der Waals surface area contributed by atoms with Crippen LogP contribution in [-0.2, 0) is 0 Å². The summed E-state index contributed by atoms with van der Waals surface area (Å²) in [6, 6.07) is 9.31. The lowest BCUT2D eigenvalue weighted by atomic mass is 9.92. The van der Waals surface area contributed by atoms with E-state index < -0.39 is 5.82 Å². The number of terminal acetylenes is 1. The van der Waals surface area contributed by atoms with E-state index >= 15 is 4.39 Å². The van der Waals surface area contributed by atoms with Gasteiger partial charge in [-0.05, 0) is 68.2 Å². The highest BCUT2D eigenvalue weighted by atomic mass is 19.1. The molecule has 2 aromatic heterocycles. The molecule has 0 saturated carbocycles. The monoisotopic (exact) mass is 606 g/mol. The second-order valence-corrected chi connectivity index (χ2v) is 13.6. The second kappa shape index (κ2) is 9.90. The van der Waals surface area contributed by atoms with Crippen LogP contribution in [0.5, 0.6) is 17.6 Å². The summed E-state index contributed by atoms with van der Waals surface area (Å²) in [4.78, 5) is 19.3. The number of aromatic nitrogens is 3. The van der Waals surface area contributed by atoms with Crippen molar-refractivity contribution < 1.29 is 19.0 Å². The van der Waals surface area contributed by atoms with E-state index in [1.54, 1.807) is 12.1 Å². The number of anilines is 1. The first-order valence-corrected chi connectivity index (χ1v) is 16.1. The van der Waals surface area contributed by atoms with Gasteiger partial charge in [-0.25, -0.2) is 9.37 Å². The predicted octanol–water partition coefficient (Wildman–Crippen LogP) is 4.63. The fourth-order valence-electron chi connectivity index (χ4n) is 8.90. The molecule has 4 saturated heterocycles. The van der Waals surface area contributed by atoms with Gasteiger partial charge in [-0.2, -0.15) is 9.97 Å². The lowest BCUT2D eigenvalue weighted by Gasteiger charge is -2.40. The molecule has 0 aliphatic carbocycles. The van der Waals surface area contributed by atoms with Crippen LogP contribution in [0.3, 0.4) is 0 Å². The highest BCUT2D eigenvalue weighted by Crippen LogP contribution is 2.45. The molecule has 4 fully saturated rings. The second-order valence-electron chi connectivity index (χ2n) is 13.6. The molecule has 5 atom stereocenters. The summed E-state index contributed by atoms with van der Waals surface area (Å²) in [7, 11) is 0. The fraction of sp³-hybridized carbons (Fsp3) is 0.457. The largest absolute Gasteiger partial charge is 0.508 e. The molecule has 4 aromatic rings. The third-order valence-corrected chi connectivity index (χ3v) is 10.8. The van der Waals surface area contributed by atoms with Crippen molar-refractivity contribution in [3.8, 4) is 41.2 Å². The molecular formula is C35H35FN6O3. The van der Waals surface area contributed by atoms with Crippen molar-refractivity contribution in [1.29, 1.82) is 0 Å². The van der Waals surface area contributed by atoms with Crippen molar-refractivity contribution in [2.75, 3.05) is 37.7 Å². The first-order chi connectivity index (χ1) is 21.9. The summed E-state index contributed by atoms with van der Waals surface area (Å²) in [5, 5.41) is 16.2. The predicted molar refractivity (Wildman–Crippen MR) is 169 cm³/mol. The number of benzene rings is 2. The number of nitrogens with one attached hydrogen (secondary N) is 1. The molecule has 9 nitrogen and oxygen atoms in total. The smallest absolute Gasteiger partial charge is 0.319 e. The summed E-state index contributed by atoms with van der Waals surface area (Å²) in [5.41, 5.74) is 1.03. The summed E-state index contributed by atoms with van der Waals surface area (Å²) in [6.07, 6.45) is 11.3. The molecule has 5 aliphatic rings. The van der Waals surface area contributed by atoms with Gasteiger partial charge in [0.15, 0.2) is 5.82 Å². The number of fused-ring (bicyclic) bond motifs is 7. The number of ether oxygens (including phenoxy) is 2. The molecule has 2 aromatic carbocycles. The van der Waals surface area contributed by atoms with Crippen LogP contribution in [0, 0.1) is 24.1 Å². The zero-order chi connectivity index (χ0) is 30.4. The average molecular weight is 607 g/mol. The number of hydrogen-bond acceptors (Lipinski definition) is 9. The van der Waals surface area contributed by atoms with E-state index in [1.165, 1.54) is 6.07 Å². The van der Waals surface area contributed by atoms with Crippen molar-refractivity contribution in [2.45, 2.75) is 62.7 Å². The Bertz CT molecular complexity index is 1930. The van der Waals surface area contributed by atoms with E-state index in [4.69, 9.17) is 30.8 Å². The topological polar surface area (TPSA) is 95.9 Å². The Morgan fingerprint density at radius 2 is 2.11 bits per heavy atom. The summed E-state index contributed by atoms with van der Waals surface area (Å²) >= 11 is 0. The Balaban J connectivity index is 1.24. The highest BCUT2D eigenvalue weighted by molar-refractivity contribution is 6.04. The van der Waals surface area contributed by atoms with E-state index in [-0.39, 0.29) is 46.5 Å². The maximum absolute atomic E-state index is 17.0. The van der Waals surface area contributed by atoms with Gasteiger partial charge in [-0.15, -0.1) is 6.42 Å². The zero-order valence-corrected chi connectivity index (χ0v) is 25.2. The van der Waals surface area contributed by atoms with E-state index in [1.807, 2.05) is 12.1 Å². The summed E-state index contributed by atoms with van der Waals surface area (Å²) in [5.74, 6) is 3.54. The number of phenols is 1. The van der Waals surface area contributed by atoms with Crippen LogP contribution < -0.4 is 19.7 Å². The van der Waals surface area contributed by atoms with Gasteiger partial charge in [0.05, 0.1) is 11.6 Å². The molecule has 10 heteroatoms. The Morgan fingerprint density at radius 1 is 1.20 bits per heavy atom.